The number of hydrogen-bond donors (Lipinski definition) is 1. The smallest absolute Gasteiger partial charge is 0.341 e. The average Bonchev–Trinajstić information content (AvgIpc) is 2.69. The largest absolute Gasteiger partial charge is 0.381 e. The van der Waals surface area contributed by atoms with E-state index < -0.39 is 15.6 Å². The molecule has 1 fully saturated rings. The summed E-state index contributed by atoms with van der Waals surface area (Å²) in [5, 5.41) is 3.18. The van der Waals surface area contributed by atoms with E-state index in [0.717, 1.165) is 31.1 Å². The summed E-state index contributed by atoms with van der Waals surface area (Å²) in [5.74, 6) is -2.58. The van der Waals surface area contributed by atoms with Gasteiger partial charge in [0.05, 0.1) is 4.90 Å². The lowest BCUT2D eigenvalue weighted by Gasteiger charge is -2.30. The van der Waals surface area contributed by atoms with E-state index in [1.165, 1.54) is 42.7 Å². The van der Waals surface area contributed by atoms with Crippen molar-refractivity contribution >= 4 is 15.5 Å². The van der Waals surface area contributed by atoms with Crippen LogP contribution in [0.1, 0.15) is 30.9 Å². The van der Waals surface area contributed by atoms with Crippen LogP contribution in [-0.2, 0) is 22.9 Å². The highest BCUT2D eigenvalue weighted by Gasteiger charge is 2.26. The zero-order chi connectivity index (χ0) is 20.1. The molecule has 4 nitrogen and oxygen atoms in total. The lowest BCUT2D eigenvalue weighted by Crippen LogP contribution is -2.32. The second-order valence-electron chi connectivity index (χ2n) is 7.46. The molecule has 2 aromatic carbocycles. The first-order chi connectivity index (χ1) is 13.3. The third-order valence-corrected chi connectivity index (χ3v) is 6.62. The fraction of sp³-hybridized carbons (Fsp3) is 0.429. The Morgan fingerprint density at radius 3 is 2.14 bits per heavy atom. The molecule has 1 heterocycles. The van der Waals surface area contributed by atoms with Gasteiger partial charge >= 0.3 is 5.76 Å². The van der Waals surface area contributed by atoms with Crippen LogP contribution < -0.4 is 5.32 Å². The van der Waals surface area contributed by atoms with Crippen LogP contribution in [0.2, 0.25) is 0 Å². The first-order valence-corrected chi connectivity index (χ1v) is 11.1. The highest BCUT2D eigenvalue weighted by molar-refractivity contribution is 7.91. The van der Waals surface area contributed by atoms with Crippen molar-refractivity contribution in [2.24, 2.45) is 5.92 Å². The Hall–Kier alpha value is -1.99. The number of anilines is 1. The van der Waals surface area contributed by atoms with Crippen molar-refractivity contribution in [2.45, 2.75) is 43.5 Å². The molecular weight excluding hydrogens is 382 g/mol. The van der Waals surface area contributed by atoms with Gasteiger partial charge in [0, 0.05) is 18.8 Å². The van der Waals surface area contributed by atoms with Crippen molar-refractivity contribution in [3.63, 3.8) is 0 Å². The molecule has 3 rings (SSSR count). The van der Waals surface area contributed by atoms with Gasteiger partial charge in [-0.1, -0.05) is 31.2 Å². The van der Waals surface area contributed by atoms with Crippen LogP contribution in [0.25, 0.3) is 0 Å². The Balaban J connectivity index is 1.52. The molecule has 1 aliphatic rings. The number of sulfone groups is 1. The van der Waals surface area contributed by atoms with E-state index in [9.17, 15) is 17.2 Å². The summed E-state index contributed by atoms with van der Waals surface area (Å²) >= 11 is 0. The average molecular weight is 409 g/mol. The second-order valence-corrected chi connectivity index (χ2v) is 9.38. The van der Waals surface area contributed by atoms with Crippen LogP contribution in [0.3, 0.4) is 0 Å². The van der Waals surface area contributed by atoms with E-state index in [1.807, 2.05) is 0 Å². The van der Waals surface area contributed by atoms with Crippen LogP contribution in [0, 0.1) is 5.92 Å². The van der Waals surface area contributed by atoms with Gasteiger partial charge in [-0.05, 0) is 67.2 Å². The van der Waals surface area contributed by atoms with Gasteiger partial charge in [0.25, 0.3) is 0 Å². The Morgan fingerprint density at radius 1 is 1.00 bits per heavy atom. The topological polar surface area (TPSA) is 49.4 Å². The summed E-state index contributed by atoms with van der Waals surface area (Å²) in [6.07, 6.45) is 2.53. The monoisotopic (exact) mass is 408 g/mol. The maximum Gasteiger partial charge on any atom is 0.341 e. The summed E-state index contributed by atoms with van der Waals surface area (Å²) in [6.45, 7) is 6.16. The Labute approximate surface area is 165 Å². The van der Waals surface area contributed by atoms with Gasteiger partial charge in [0.1, 0.15) is 0 Å². The molecule has 0 aliphatic carbocycles. The SMILES string of the molecule is CC1CCN(Cc2ccc(CNc3ccc(S(=O)(=O)C(F)F)cc3)cc2)CC1. The third-order valence-electron chi connectivity index (χ3n) is 5.22. The zero-order valence-corrected chi connectivity index (χ0v) is 16.8. The number of rotatable bonds is 7. The number of alkyl halides is 2. The standard InChI is InChI=1S/C21H26F2N2O2S/c1-16-10-12-25(13-11-16)15-18-4-2-17(3-5-18)14-24-19-6-8-20(9-7-19)28(26,27)21(22)23/h2-9,16,21,24H,10-15H2,1H3. The summed E-state index contributed by atoms with van der Waals surface area (Å²) < 4.78 is 48.0. The van der Waals surface area contributed by atoms with Crippen LogP contribution in [0.4, 0.5) is 14.5 Å². The molecule has 152 valence electrons. The van der Waals surface area contributed by atoms with Crippen LogP contribution in [0.5, 0.6) is 0 Å². The van der Waals surface area contributed by atoms with Crippen molar-refractivity contribution in [3.8, 4) is 0 Å². The maximum atomic E-state index is 12.6. The van der Waals surface area contributed by atoms with E-state index in [4.69, 9.17) is 0 Å². The molecule has 1 saturated heterocycles. The van der Waals surface area contributed by atoms with Gasteiger partial charge in [-0.25, -0.2) is 8.42 Å². The number of likely N-dealkylation sites (tertiary alicyclic amines) is 1. The van der Waals surface area contributed by atoms with Crippen molar-refractivity contribution in [1.29, 1.82) is 0 Å². The zero-order valence-electron chi connectivity index (χ0n) is 15.9. The quantitative estimate of drug-likeness (QED) is 0.731. The van der Waals surface area contributed by atoms with Gasteiger partial charge in [0.15, 0.2) is 0 Å². The highest BCUT2D eigenvalue weighted by atomic mass is 32.2. The first-order valence-electron chi connectivity index (χ1n) is 9.51. The minimum atomic E-state index is -4.55. The fourth-order valence-electron chi connectivity index (χ4n) is 3.31. The molecule has 7 heteroatoms. The van der Waals surface area contributed by atoms with Gasteiger partial charge < -0.3 is 5.32 Å². The highest BCUT2D eigenvalue weighted by Crippen LogP contribution is 2.21. The minimum absolute atomic E-state index is 0.371. The molecule has 0 saturated carbocycles. The van der Waals surface area contributed by atoms with Crippen molar-refractivity contribution in [3.05, 3.63) is 59.7 Å². The predicted octanol–water partition coefficient (Wildman–Crippen LogP) is 4.53. The van der Waals surface area contributed by atoms with Gasteiger partial charge in [-0.15, -0.1) is 0 Å². The van der Waals surface area contributed by atoms with Gasteiger partial charge in [0.2, 0.25) is 9.84 Å². The van der Waals surface area contributed by atoms with Crippen LogP contribution in [0.15, 0.2) is 53.4 Å². The van der Waals surface area contributed by atoms with E-state index in [1.54, 1.807) is 0 Å². The van der Waals surface area contributed by atoms with E-state index >= 15 is 0 Å². The molecule has 0 atom stereocenters. The molecule has 0 amide bonds. The summed E-state index contributed by atoms with van der Waals surface area (Å²) in [4.78, 5) is 2.12. The lowest BCUT2D eigenvalue weighted by molar-refractivity contribution is 0.185. The molecule has 0 radical (unpaired) electrons. The normalized spacial score (nSPS) is 16.4. The second kappa shape index (κ2) is 9.01. The minimum Gasteiger partial charge on any atom is -0.381 e. The van der Waals surface area contributed by atoms with Crippen molar-refractivity contribution in [2.75, 3.05) is 18.4 Å². The Kier molecular flexibility index (Phi) is 6.67. The Morgan fingerprint density at radius 2 is 1.57 bits per heavy atom. The number of nitrogens with zero attached hydrogens (tertiary/aromatic N) is 1. The Bertz CT molecular complexity index is 860. The van der Waals surface area contributed by atoms with Gasteiger partial charge in [-0.2, -0.15) is 8.78 Å². The van der Waals surface area contributed by atoms with E-state index in [0.29, 0.717) is 12.2 Å². The van der Waals surface area contributed by atoms with Crippen molar-refractivity contribution < 1.29 is 17.2 Å². The number of piperidine rings is 1. The van der Waals surface area contributed by atoms with E-state index in [2.05, 4.69) is 41.4 Å². The summed E-state index contributed by atoms with van der Waals surface area (Å²) in [6, 6.07) is 13.8. The molecule has 2 aromatic rings. The predicted molar refractivity (Wildman–Crippen MR) is 107 cm³/mol. The first kappa shape index (κ1) is 20.7. The number of nitrogens with one attached hydrogen (secondary N) is 1. The fourth-order valence-corrected chi connectivity index (χ4v) is 4.03. The summed E-state index contributed by atoms with van der Waals surface area (Å²) in [7, 11) is -4.55. The molecular formula is C21H26F2N2O2S. The molecule has 28 heavy (non-hydrogen) atoms. The molecule has 1 N–H and O–H groups in total. The van der Waals surface area contributed by atoms with Crippen LogP contribution in [-0.4, -0.2) is 32.2 Å². The molecule has 0 unspecified atom stereocenters. The van der Waals surface area contributed by atoms with E-state index in [-0.39, 0.29) is 4.90 Å². The lowest BCUT2D eigenvalue weighted by atomic mass is 9.99. The number of benzene rings is 2. The summed E-state index contributed by atoms with van der Waals surface area (Å²) in [5.41, 5.74) is 3.07. The molecule has 0 spiro atoms. The molecule has 1 aliphatic heterocycles. The number of hydrogen-bond acceptors (Lipinski definition) is 4. The third kappa shape index (κ3) is 5.29. The van der Waals surface area contributed by atoms with Crippen molar-refractivity contribution in [1.82, 2.24) is 4.90 Å². The molecule has 0 aromatic heterocycles. The van der Waals surface area contributed by atoms with Gasteiger partial charge in [-0.3, -0.25) is 4.90 Å². The maximum absolute atomic E-state index is 12.6. The number of halogens is 2. The van der Waals surface area contributed by atoms with Crippen LogP contribution >= 0.6 is 0 Å². The molecule has 0 bridgehead atoms.